The highest BCUT2D eigenvalue weighted by Crippen LogP contribution is 2.29. The largest absolute Gasteiger partial charge is 0.497 e. The number of halogens is 1. The molecule has 1 aliphatic rings. The number of imide groups is 1. The number of ketones is 1. The van der Waals surface area contributed by atoms with Crippen LogP contribution in [0.3, 0.4) is 0 Å². The smallest absolute Gasteiger partial charge is 0.280 e. The van der Waals surface area contributed by atoms with Crippen LogP contribution in [0.1, 0.15) is 48.4 Å². The van der Waals surface area contributed by atoms with Crippen molar-refractivity contribution in [3.63, 3.8) is 0 Å². The summed E-state index contributed by atoms with van der Waals surface area (Å²) in [5, 5.41) is 1.74. The number of fused-ring (bicyclic) bond motifs is 1. The number of carbonyl (C=O) groups is 4. The van der Waals surface area contributed by atoms with E-state index in [4.69, 9.17) is 16.3 Å². The van der Waals surface area contributed by atoms with E-state index in [0.717, 1.165) is 10.0 Å². The molecule has 0 N–H and O–H groups in total. The number of benzene rings is 3. The number of nitrogens with zero attached hydrogens (tertiary/aromatic N) is 2. The number of hydrazine groups is 1. The summed E-state index contributed by atoms with van der Waals surface area (Å²) in [5.74, 6) is -2.03. The van der Waals surface area contributed by atoms with Gasteiger partial charge in [0.2, 0.25) is 0 Å². The summed E-state index contributed by atoms with van der Waals surface area (Å²) in [6, 6.07) is 17.6. The molecule has 1 aliphatic heterocycles. The molecule has 0 aromatic heterocycles. The van der Waals surface area contributed by atoms with Crippen LogP contribution in [0.5, 0.6) is 5.75 Å². The molecule has 0 saturated heterocycles. The molecule has 0 spiro atoms. The lowest BCUT2D eigenvalue weighted by atomic mass is 10.0. The summed E-state index contributed by atoms with van der Waals surface area (Å²) in [6.07, 6.45) is 0. The normalized spacial score (nSPS) is 13.5. The lowest BCUT2D eigenvalue weighted by Crippen LogP contribution is -2.56. The number of ether oxygens (including phenoxy) is 1. The summed E-state index contributed by atoms with van der Waals surface area (Å²) < 4.78 is 5.12. The molecular formula is C25H19ClN2O5. The number of rotatable bonds is 6. The summed E-state index contributed by atoms with van der Waals surface area (Å²) in [5.41, 5.74) is 0.661. The highest BCUT2D eigenvalue weighted by molar-refractivity contribution is 6.34. The molecule has 0 unspecified atom stereocenters. The van der Waals surface area contributed by atoms with Gasteiger partial charge in [-0.15, -0.1) is 0 Å². The standard InChI is InChI=1S/C25H19ClN2O5/c1-15(22(29)16-11-13-17(33-2)14-12-16)27(25(32)20-9-5-6-10-21(20)26)28-23(30)18-7-3-4-8-19(18)24(28)31/h3-15H,1-2H3/t15-/m1/s1. The van der Waals surface area contributed by atoms with Gasteiger partial charge in [-0.05, 0) is 55.5 Å². The van der Waals surface area contributed by atoms with E-state index in [2.05, 4.69) is 0 Å². The first-order valence-corrected chi connectivity index (χ1v) is 10.5. The van der Waals surface area contributed by atoms with Crippen molar-refractivity contribution in [3.05, 3.63) is 100 Å². The minimum atomic E-state index is -1.19. The van der Waals surface area contributed by atoms with Crippen LogP contribution < -0.4 is 4.74 Å². The highest BCUT2D eigenvalue weighted by Gasteiger charge is 2.45. The molecule has 1 heterocycles. The van der Waals surface area contributed by atoms with E-state index < -0.39 is 29.5 Å². The summed E-state index contributed by atoms with van der Waals surface area (Å²) in [7, 11) is 1.51. The molecule has 7 nitrogen and oxygen atoms in total. The molecule has 3 aromatic carbocycles. The van der Waals surface area contributed by atoms with Crippen LogP contribution in [0.25, 0.3) is 0 Å². The molecule has 0 fully saturated rings. The van der Waals surface area contributed by atoms with Gasteiger partial charge < -0.3 is 4.74 Å². The molecular weight excluding hydrogens is 444 g/mol. The Morgan fingerprint density at radius 3 is 1.97 bits per heavy atom. The Bertz CT molecular complexity index is 1240. The Kier molecular flexibility index (Phi) is 5.98. The van der Waals surface area contributed by atoms with Gasteiger partial charge in [0.05, 0.1) is 28.8 Å². The van der Waals surface area contributed by atoms with Gasteiger partial charge in [-0.3, -0.25) is 19.2 Å². The second kappa shape index (κ2) is 8.88. The van der Waals surface area contributed by atoms with Crippen molar-refractivity contribution in [1.29, 1.82) is 0 Å². The second-order valence-electron chi connectivity index (χ2n) is 7.37. The number of hydrogen-bond acceptors (Lipinski definition) is 5. The summed E-state index contributed by atoms with van der Waals surface area (Å²) in [6.45, 7) is 1.46. The lowest BCUT2D eigenvalue weighted by Gasteiger charge is -2.34. The van der Waals surface area contributed by atoms with E-state index in [-0.39, 0.29) is 27.3 Å². The predicted octanol–water partition coefficient (Wildman–Crippen LogP) is 4.27. The summed E-state index contributed by atoms with van der Waals surface area (Å²) in [4.78, 5) is 53.3. The average molecular weight is 463 g/mol. The molecule has 0 radical (unpaired) electrons. The quantitative estimate of drug-likeness (QED) is 0.403. The maximum Gasteiger partial charge on any atom is 0.280 e. The van der Waals surface area contributed by atoms with Crippen molar-refractivity contribution in [2.24, 2.45) is 0 Å². The molecule has 0 bridgehead atoms. The van der Waals surface area contributed by atoms with Crippen LogP contribution in [0.2, 0.25) is 5.02 Å². The number of methoxy groups -OCH3 is 1. The van der Waals surface area contributed by atoms with E-state index >= 15 is 0 Å². The number of carbonyl (C=O) groups excluding carboxylic acids is 4. The third-order valence-corrected chi connectivity index (χ3v) is 5.75. The number of hydrogen-bond donors (Lipinski definition) is 0. The van der Waals surface area contributed by atoms with Gasteiger partial charge in [-0.1, -0.05) is 35.9 Å². The van der Waals surface area contributed by atoms with Crippen LogP contribution in [0.4, 0.5) is 0 Å². The highest BCUT2D eigenvalue weighted by atomic mass is 35.5. The monoisotopic (exact) mass is 462 g/mol. The molecule has 3 aromatic rings. The zero-order valence-electron chi connectivity index (χ0n) is 17.8. The van der Waals surface area contributed by atoms with E-state index in [1.54, 1.807) is 48.5 Å². The molecule has 0 aliphatic carbocycles. The zero-order valence-corrected chi connectivity index (χ0v) is 18.6. The van der Waals surface area contributed by atoms with Crippen molar-refractivity contribution in [2.75, 3.05) is 7.11 Å². The van der Waals surface area contributed by atoms with Crippen LogP contribution in [0.15, 0.2) is 72.8 Å². The van der Waals surface area contributed by atoms with Crippen molar-refractivity contribution in [2.45, 2.75) is 13.0 Å². The topological polar surface area (TPSA) is 84.0 Å². The van der Waals surface area contributed by atoms with Crippen LogP contribution in [-0.2, 0) is 0 Å². The molecule has 1 atom stereocenters. The van der Waals surface area contributed by atoms with Gasteiger partial charge in [0.25, 0.3) is 17.7 Å². The van der Waals surface area contributed by atoms with Gasteiger partial charge >= 0.3 is 0 Å². The van der Waals surface area contributed by atoms with E-state index in [9.17, 15) is 19.2 Å². The maximum atomic E-state index is 13.6. The first-order chi connectivity index (χ1) is 15.8. The minimum Gasteiger partial charge on any atom is -0.497 e. The Labute approximate surface area is 195 Å². The lowest BCUT2D eigenvalue weighted by molar-refractivity contribution is -0.00680. The fourth-order valence-electron chi connectivity index (χ4n) is 3.68. The van der Waals surface area contributed by atoms with Crippen LogP contribution in [0, 0.1) is 0 Å². The fourth-order valence-corrected chi connectivity index (χ4v) is 3.89. The number of Topliss-reactive ketones (excluding diaryl/α,β-unsaturated/α-hetero) is 1. The van der Waals surface area contributed by atoms with Gasteiger partial charge in [-0.25, -0.2) is 5.01 Å². The molecule has 33 heavy (non-hydrogen) atoms. The molecule has 166 valence electrons. The maximum absolute atomic E-state index is 13.6. The number of amides is 3. The van der Waals surface area contributed by atoms with Crippen molar-refractivity contribution < 1.29 is 23.9 Å². The SMILES string of the molecule is COc1ccc(C(=O)[C@@H](C)N(C(=O)c2ccccc2Cl)N2C(=O)c3ccccc3C2=O)cc1. The van der Waals surface area contributed by atoms with Crippen LogP contribution in [-0.4, -0.2) is 46.7 Å². The van der Waals surface area contributed by atoms with E-state index in [1.807, 2.05) is 0 Å². The molecule has 8 heteroatoms. The van der Waals surface area contributed by atoms with Gasteiger partial charge in [0.15, 0.2) is 5.78 Å². The third-order valence-electron chi connectivity index (χ3n) is 5.42. The predicted molar refractivity (Wildman–Crippen MR) is 121 cm³/mol. The molecule has 4 rings (SSSR count). The first-order valence-electron chi connectivity index (χ1n) is 10.1. The summed E-state index contributed by atoms with van der Waals surface area (Å²) >= 11 is 6.23. The van der Waals surface area contributed by atoms with Gasteiger partial charge in [0, 0.05) is 5.56 Å². The average Bonchev–Trinajstić information content (AvgIpc) is 3.09. The fraction of sp³-hybridized carbons (Fsp3) is 0.120. The Morgan fingerprint density at radius 1 is 0.879 bits per heavy atom. The Morgan fingerprint density at radius 2 is 1.42 bits per heavy atom. The molecule has 0 saturated carbocycles. The Hall–Kier alpha value is -3.97. The Balaban J connectivity index is 1.79. The minimum absolute atomic E-state index is 0.0603. The van der Waals surface area contributed by atoms with E-state index in [1.165, 1.54) is 38.3 Å². The van der Waals surface area contributed by atoms with Gasteiger partial charge in [0.1, 0.15) is 11.8 Å². The van der Waals surface area contributed by atoms with Crippen LogP contribution >= 0.6 is 11.6 Å². The third kappa shape index (κ3) is 3.87. The first kappa shape index (κ1) is 22.2. The second-order valence-corrected chi connectivity index (χ2v) is 7.77. The van der Waals surface area contributed by atoms with Crippen molar-refractivity contribution in [3.8, 4) is 5.75 Å². The zero-order chi connectivity index (χ0) is 23.7. The van der Waals surface area contributed by atoms with E-state index in [0.29, 0.717) is 5.75 Å². The molecule has 3 amide bonds. The van der Waals surface area contributed by atoms with Crippen molar-refractivity contribution in [1.82, 2.24) is 10.0 Å². The van der Waals surface area contributed by atoms with Crippen molar-refractivity contribution >= 4 is 35.1 Å². The van der Waals surface area contributed by atoms with Gasteiger partial charge in [-0.2, -0.15) is 5.01 Å².